The summed E-state index contributed by atoms with van der Waals surface area (Å²) >= 11 is 0. The number of nitrogens with zero attached hydrogens (tertiary/aromatic N) is 1. The van der Waals surface area contributed by atoms with Gasteiger partial charge in [0.25, 0.3) is 0 Å². The Kier molecular flexibility index (Phi) is 52.1. The Labute approximate surface area is 449 Å². The Hall–Kier alpha value is -3.53. The number of likely N-dealkylation sites (N-methyl/N-ethyl adjacent to an activating group) is 1. The summed E-state index contributed by atoms with van der Waals surface area (Å²) in [6.45, 7) is 4.63. The minimum Gasteiger partial charge on any atom is -0.545 e. The molecule has 0 aromatic rings. The van der Waals surface area contributed by atoms with E-state index in [1.54, 1.807) is 0 Å². The highest BCUT2D eigenvalue weighted by Gasteiger charge is 2.22. The molecule has 0 saturated carbocycles. The predicted molar refractivity (Wildman–Crippen MR) is 306 cm³/mol. The van der Waals surface area contributed by atoms with Crippen molar-refractivity contribution in [2.45, 2.75) is 257 Å². The highest BCUT2D eigenvalue weighted by Crippen LogP contribution is 2.16. The van der Waals surface area contributed by atoms with E-state index in [2.05, 4.69) is 98.9 Å². The van der Waals surface area contributed by atoms with Crippen LogP contribution in [0.15, 0.2) is 85.1 Å². The SMILES string of the molecule is CC/C=C\C/C=C\C/C=C\C/C=C\C/C=C\C/C=C\C/C=C\CCCCCCCC(=O)OC(COC(=O)CCCCCCCCCCCCCCCCCCCCCCC)COC(OCC[N+](C)(C)C)C(=O)[O-]. The summed E-state index contributed by atoms with van der Waals surface area (Å²) in [7, 11) is 5.91. The van der Waals surface area contributed by atoms with E-state index in [1.165, 1.54) is 116 Å². The molecule has 0 rings (SSSR count). The lowest BCUT2D eigenvalue weighted by Crippen LogP contribution is -2.44. The first-order valence-electron chi connectivity index (χ1n) is 29.7. The third kappa shape index (κ3) is 56.0. The molecule has 0 spiro atoms. The summed E-state index contributed by atoms with van der Waals surface area (Å²) in [6, 6.07) is 0. The molecule has 0 heterocycles. The monoisotopic (exact) mass is 1020 g/mol. The normalized spacial score (nSPS) is 13.4. The van der Waals surface area contributed by atoms with Crippen molar-refractivity contribution >= 4 is 17.9 Å². The van der Waals surface area contributed by atoms with Gasteiger partial charge >= 0.3 is 11.9 Å². The molecule has 9 nitrogen and oxygen atoms in total. The van der Waals surface area contributed by atoms with Gasteiger partial charge in [0, 0.05) is 12.8 Å². The van der Waals surface area contributed by atoms with Crippen LogP contribution in [-0.4, -0.2) is 82.3 Å². The largest absolute Gasteiger partial charge is 0.545 e. The average Bonchev–Trinajstić information content (AvgIpc) is 3.36. The topological polar surface area (TPSA) is 111 Å². The number of carboxylic acid groups (broad SMARTS) is 1. The average molecular weight is 1020 g/mol. The highest BCUT2D eigenvalue weighted by atomic mass is 16.7. The van der Waals surface area contributed by atoms with E-state index < -0.39 is 24.3 Å². The van der Waals surface area contributed by atoms with Gasteiger partial charge in [-0.3, -0.25) is 9.59 Å². The van der Waals surface area contributed by atoms with Gasteiger partial charge in [-0.2, -0.15) is 0 Å². The molecule has 0 aliphatic rings. The molecule has 2 atom stereocenters. The summed E-state index contributed by atoms with van der Waals surface area (Å²) in [5, 5.41) is 11.8. The molecule has 9 heteroatoms. The molecule has 0 N–H and O–H groups in total. The van der Waals surface area contributed by atoms with Gasteiger partial charge in [-0.25, -0.2) is 0 Å². The first-order chi connectivity index (χ1) is 35.6. The van der Waals surface area contributed by atoms with Gasteiger partial charge in [-0.15, -0.1) is 0 Å². The van der Waals surface area contributed by atoms with E-state index in [9.17, 15) is 19.5 Å². The van der Waals surface area contributed by atoms with Gasteiger partial charge in [-0.05, 0) is 70.6 Å². The number of hydrogen-bond donors (Lipinski definition) is 0. The van der Waals surface area contributed by atoms with E-state index >= 15 is 0 Å². The standard InChI is InChI=1S/C64H111NO8/c1-6-8-10-12-14-16-18-20-22-24-26-28-29-30-31-32-33-35-37-39-41-43-45-47-49-51-53-55-62(67)73-60(59-72-64(63(68)69)70-57-56-65(3,4)5)58-71-61(66)54-52-50-48-46-44-42-40-38-36-34-27-25-23-21-19-17-15-13-11-9-7-2/h8,10,14,16,20,22,26,28,30-31,33,35,39,41,60,64H,6-7,9,11-13,15,17-19,21,23-25,27,29,32,34,36-38,40,42-59H2,1-5H3/b10-8-,16-14-,22-20-,28-26-,31-30-,35-33-,41-39-. The first kappa shape index (κ1) is 69.5. The number of hydrogen-bond acceptors (Lipinski definition) is 8. The van der Waals surface area contributed by atoms with Crippen molar-refractivity contribution in [2.75, 3.05) is 47.5 Å². The molecule has 420 valence electrons. The lowest BCUT2D eigenvalue weighted by atomic mass is 10.0. The smallest absolute Gasteiger partial charge is 0.306 e. The van der Waals surface area contributed by atoms with Gasteiger partial charge in [0.1, 0.15) is 13.2 Å². The van der Waals surface area contributed by atoms with Crippen LogP contribution in [0.5, 0.6) is 0 Å². The Morgan fingerprint density at radius 1 is 0.425 bits per heavy atom. The van der Waals surface area contributed by atoms with Crippen molar-refractivity contribution < 1.29 is 42.9 Å². The van der Waals surface area contributed by atoms with Crippen LogP contribution in [0.25, 0.3) is 0 Å². The number of carboxylic acids is 1. The maximum absolute atomic E-state index is 12.9. The zero-order chi connectivity index (χ0) is 53.4. The molecular weight excluding hydrogens is 911 g/mol. The summed E-state index contributed by atoms with van der Waals surface area (Å²) in [4.78, 5) is 37.3. The van der Waals surface area contributed by atoms with E-state index in [4.69, 9.17) is 18.9 Å². The third-order valence-corrected chi connectivity index (χ3v) is 12.7. The summed E-state index contributed by atoms with van der Waals surface area (Å²) < 4.78 is 22.7. The maximum Gasteiger partial charge on any atom is 0.306 e. The minimum atomic E-state index is -1.63. The second-order valence-corrected chi connectivity index (χ2v) is 20.9. The van der Waals surface area contributed by atoms with Gasteiger partial charge in [-0.1, -0.05) is 247 Å². The van der Waals surface area contributed by atoms with Crippen LogP contribution < -0.4 is 5.11 Å². The number of allylic oxidation sites excluding steroid dienone is 14. The number of carbonyl (C=O) groups excluding carboxylic acids is 3. The van der Waals surface area contributed by atoms with Crippen LogP contribution in [0.4, 0.5) is 0 Å². The molecule has 0 saturated heterocycles. The molecule has 0 bridgehead atoms. The number of rotatable bonds is 54. The van der Waals surface area contributed by atoms with Crippen LogP contribution >= 0.6 is 0 Å². The van der Waals surface area contributed by atoms with E-state index in [0.29, 0.717) is 17.4 Å². The number of unbranched alkanes of at least 4 members (excludes halogenated alkanes) is 25. The Bertz CT molecular complexity index is 1470. The second kappa shape index (κ2) is 54.7. The van der Waals surface area contributed by atoms with E-state index in [0.717, 1.165) is 96.3 Å². The van der Waals surface area contributed by atoms with Crippen molar-refractivity contribution in [1.82, 2.24) is 0 Å². The van der Waals surface area contributed by atoms with Gasteiger partial charge in [0.05, 0.1) is 40.3 Å². The number of quaternary nitrogens is 1. The molecule has 0 aromatic carbocycles. The fourth-order valence-corrected chi connectivity index (χ4v) is 8.11. The molecule has 0 radical (unpaired) electrons. The van der Waals surface area contributed by atoms with Crippen LogP contribution in [0.3, 0.4) is 0 Å². The van der Waals surface area contributed by atoms with Crippen molar-refractivity contribution in [2.24, 2.45) is 0 Å². The van der Waals surface area contributed by atoms with Crippen molar-refractivity contribution in [3.05, 3.63) is 85.1 Å². The zero-order valence-corrected chi connectivity index (χ0v) is 47.7. The number of aliphatic carboxylic acids is 1. The highest BCUT2D eigenvalue weighted by molar-refractivity contribution is 5.70. The lowest BCUT2D eigenvalue weighted by molar-refractivity contribution is -0.870. The summed E-state index contributed by atoms with van der Waals surface area (Å²) in [6.07, 6.45) is 69.1. The van der Waals surface area contributed by atoms with Crippen LogP contribution in [0.1, 0.15) is 245 Å². The number of ether oxygens (including phenoxy) is 4. The van der Waals surface area contributed by atoms with Crippen LogP contribution in [-0.2, 0) is 33.3 Å². The molecule has 0 amide bonds. The molecule has 0 aromatic heterocycles. The third-order valence-electron chi connectivity index (χ3n) is 12.7. The van der Waals surface area contributed by atoms with E-state index in [-0.39, 0.29) is 38.6 Å². The molecular formula is C64H111NO8. The molecule has 0 aliphatic heterocycles. The second-order valence-electron chi connectivity index (χ2n) is 20.9. The molecule has 2 unspecified atom stereocenters. The van der Waals surface area contributed by atoms with Crippen molar-refractivity contribution in [3.63, 3.8) is 0 Å². The Balaban J connectivity index is 4.30. The molecule has 0 fully saturated rings. The lowest BCUT2D eigenvalue weighted by Gasteiger charge is -2.26. The summed E-state index contributed by atoms with van der Waals surface area (Å²) in [5.74, 6) is -2.31. The molecule has 0 aliphatic carbocycles. The van der Waals surface area contributed by atoms with Gasteiger partial charge in [0.2, 0.25) is 0 Å². The quantitative estimate of drug-likeness (QED) is 0.0195. The Morgan fingerprint density at radius 3 is 1.16 bits per heavy atom. The Morgan fingerprint density at radius 2 is 0.781 bits per heavy atom. The fraction of sp³-hybridized carbons (Fsp3) is 0.734. The van der Waals surface area contributed by atoms with Crippen molar-refractivity contribution in [3.8, 4) is 0 Å². The van der Waals surface area contributed by atoms with Crippen molar-refractivity contribution in [1.29, 1.82) is 0 Å². The number of carbonyl (C=O) groups is 3. The fourth-order valence-electron chi connectivity index (χ4n) is 8.11. The first-order valence-corrected chi connectivity index (χ1v) is 29.7. The van der Waals surface area contributed by atoms with Crippen LogP contribution in [0, 0.1) is 0 Å². The number of esters is 2. The minimum absolute atomic E-state index is 0.141. The predicted octanol–water partition coefficient (Wildman–Crippen LogP) is 16.2. The van der Waals surface area contributed by atoms with Gasteiger partial charge in [0.15, 0.2) is 12.4 Å². The zero-order valence-electron chi connectivity index (χ0n) is 47.7. The summed E-state index contributed by atoms with van der Waals surface area (Å²) in [5.41, 5.74) is 0. The molecule has 73 heavy (non-hydrogen) atoms. The van der Waals surface area contributed by atoms with Crippen LogP contribution in [0.2, 0.25) is 0 Å². The van der Waals surface area contributed by atoms with Gasteiger partial charge < -0.3 is 33.3 Å². The maximum atomic E-state index is 12.9. The van der Waals surface area contributed by atoms with E-state index in [1.807, 2.05) is 21.1 Å².